The summed E-state index contributed by atoms with van der Waals surface area (Å²) in [6.45, 7) is 1.28. The molecule has 0 saturated carbocycles. The summed E-state index contributed by atoms with van der Waals surface area (Å²) >= 11 is 0. The highest BCUT2D eigenvalue weighted by Crippen LogP contribution is 2.01. The maximum Gasteiger partial charge on any atom is 0.244 e. The minimum Gasteiger partial charge on any atom is -0.465 e. The summed E-state index contributed by atoms with van der Waals surface area (Å²) in [7, 11) is 1.64. The van der Waals surface area contributed by atoms with Crippen LogP contribution >= 0.6 is 0 Å². The first-order valence-corrected chi connectivity index (χ1v) is 4.81. The smallest absolute Gasteiger partial charge is 0.244 e. The quantitative estimate of drug-likeness (QED) is 0.569. The average Bonchev–Trinajstić information content (AvgIpc) is 2.74. The molecule has 4 nitrogen and oxygen atoms in total. The van der Waals surface area contributed by atoms with Crippen LogP contribution < -0.4 is 5.32 Å². The molecule has 0 aromatic carbocycles. The van der Waals surface area contributed by atoms with Crippen LogP contribution in [-0.2, 0) is 9.53 Å². The van der Waals surface area contributed by atoms with Gasteiger partial charge in [-0.3, -0.25) is 4.79 Å². The molecule has 1 rings (SSSR count). The molecule has 0 aliphatic rings. The molecule has 0 aliphatic carbocycles. The Labute approximate surface area is 88.9 Å². The van der Waals surface area contributed by atoms with Gasteiger partial charge in [0.2, 0.25) is 5.91 Å². The summed E-state index contributed by atoms with van der Waals surface area (Å²) in [4.78, 5) is 11.2. The van der Waals surface area contributed by atoms with Gasteiger partial charge >= 0.3 is 0 Å². The first-order valence-electron chi connectivity index (χ1n) is 4.81. The lowest BCUT2D eigenvalue weighted by molar-refractivity contribution is -0.116. The minimum atomic E-state index is -0.123. The average molecular weight is 209 g/mol. The van der Waals surface area contributed by atoms with E-state index in [1.807, 2.05) is 0 Å². The molecule has 0 spiro atoms. The van der Waals surface area contributed by atoms with Crippen LogP contribution in [0, 0.1) is 0 Å². The number of nitrogens with one attached hydrogen (secondary N) is 1. The number of hydrogen-bond acceptors (Lipinski definition) is 3. The topological polar surface area (TPSA) is 51.5 Å². The predicted octanol–water partition coefficient (Wildman–Crippen LogP) is 1.45. The van der Waals surface area contributed by atoms with Crippen molar-refractivity contribution in [3.8, 4) is 0 Å². The summed E-state index contributed by atoms with van der Waals surface area (Å²) in [5, 5.41) is 2.73. The van der Waals surface area contributed by atoms with Gasteiger partial charge in [0.15, 0.2) is 0 Å². The van der Waals surface area contributed by atoms with Gasteiger partial charge in [0.25, 0.3) is 0 Å². The molecule has 0 bridgehead atoms. The normalized spacial score (nSPS) is 10.7. The summed E-state index contributed by atoms with van der Waals surface area (Å²) < 4.78 is 9.90. The number of amides is 1. The molecule has 15 heavy (non-hydrogen) atoms. The maximum absolute atomic E-state index is 11.2. The van der Waals surface area contributed by atoms with Gasteiger partial charge in [-0.15, -0.1) is 0 Å². The third-order valence-corrected chi connectivity index (χ3v) is 1.77. The van der Waals surface area contributed by atoms with Crippen LogP contribution in [0.4, 0.5) is 0 Å². The number of ether oxygens (including phenoxy) is 1. The number of carbonyl (C=O) groups excluding carboxylic acids is 1. The van der Waals surface area contributed by atoms with Crippen molar-refractivity contribution in [1.29, 1.82) is 0 Å². The van der Waals surface area contributed by atoms with Crippen molar-refractivity contribution < 1.29 is 13.9 Å². The fourth-order valence-electron chi connectivity index (χ4n) is 1.03. The van der Waals surface area contributed by atoms with Crippen LogP contribution in [0.1, 0.15) is 12.2 Å². The molecule has 0 radical (unpaired) electrons. The van der Waals surface area contributed by atoms with Crippen LogP contribution in [0.5, 0.6) is 0 Å². The number of carbonyl (C=O) groups is 1. The van der Waals surface area contributed by atoms with Crippen LogP contribution in [0.2, 0.25) is 0 Å². The highest BCUT2D eigenvalue weighted by atomic mass is 16.5. The first kappa shape index (κ1) is 11.5. The molecule has 1 amide bonds. The van der Waals surface area contributed by atoms with Gasteiger partial charge in [0, 0.05) is 26.3 Å². The molecule has 1 N–H and O–H groups in total. The van der Waals surface area contributed by atoms with Crippen LogP contribution in [0.15, 0.2) is 28.9 Å². The van der Waals surface area contributed by atoms with Crippen LogP contribution in [0.25, 0.3) is 6.08 Å². The molecule has 1 aromatic heterocycles. The molecule has 0 atom stereocenters. The molecule has 1 heterocycles. The van der Waals surface area contributed by atoms with Crippen molar-refractivity contribution >= 4 is 12.0 Å². The first-order chi connectivity index (χ1) is 7.33. The summed E-state index contributed by atoms with van der Waals surface area (Å²) in [6, 6.07) is 3.56. The van der Waals surface area contributed by atoms with Gasteiger partial charge in [0.1, 0.15) is 5.76 Å². The summed E-state index contributed by atoms with van der Waals surface area (Å²) in [5.74, 6) is 0.546. The largest absolute Gasteiger partial charge is 0.465 e. The van der Waals surface area contributed by atoms with E-state index in [0.717, 1.165) is 6.42 Å². The van der Waals surface area contributed by atoms with Crippen molar-refractivity contribution in [2.24, 2.45) is 0 Å². The molecule has 4 heteroatoms. The zero-order valence-corrected chi connectivity index (χ0v) is 8.73. The fourth-order valence-corrected chi connectivity index (χ4v) is 1.03. The van der Waals surface area contributed by atoms with E-state index in [4.69, 9.17) is 9.15 Å². The third kappa shape index (κ3) is 5.02. The molecule has 82 valence electrons. The van der Waals surface area contributed by atoms with Gasteiger partial charge in [-0.1, -0.05) is 0 Å². The van der Waals surface area contributed by atoms with Crippen molar-refractivity contribution in [3.05, 3.63) is 30.2 Å². The predicted molar refractivity (Wildman–Crippen MR) is 57.2 cm³/mol. The van der Waals surface area contributed by atoms with E-state index in [-0.39, 0.29) is 5.91 Å². The Kier molecular flexibility index (Phi) is 5.25. The second-order valence-corrected chi connectivity index (χ2v) is 2.99. The third-order valence-electron chi connectivity index (χ3n) is 1.77. The monoisotopic (exact) mass is 209 g/mol. The lowest BCUT2D eigenvalue weighted by Gasteiger charge is -2.00. The van der Waals surface area contributed by atoms with E-state index in [1.165, 1.54) is 6.08 Å². The highest BCUT2D eigenvalue weighted by Gasteiger charge is 1.94. The second kappa shape index (κ2) is 6.84. The molecule has 0 aliphatic heterocycles. The van der Waals surface area contributed by atoms with E-state index in [1.54, 1.807) is 31.6 Å². The zero-order valence-electron chi connectivity index (χ0n) is 8.73. The molecular formula is C11H15NO3. The Morgan fingerprint density at radius 1 is 1.67 bits per heavy atom. The van der Waals surface area contributed by atoms with E-state index < -0.39 is 0 Å². The number of hydrogen-bond donors (Lipinski definition) is 1. The maximum atomic E-state index is 11.2. The van der Waals surface area contributed by atoms with Crippen LogP contribution in [0.3, 0.4) is 0 Å². The zero-order chi connectivity index (χ0) is 10.9. The van der Waals surface area contributed by atoms with Crippen molar-refractivity contribution in [3.63, 3.8) is 0 Å². The SMILES string of the molecule is COCCCNC(=O)C=Cc1ccco1. The van der Waals surface area contributed by atoms with Crippen LogP contribution in [-0.4, -0.2) is 26.2 Å². The Morgan fingerprint density at radius 3 is 3.20 bits per heavy atom. The second-order valence-electron chi connectivity index (χ2n) is 2.99. The molecule has 1 aromatic rings. The van der Waals surface area contributed by atoms with E-state index >= 15 is 0 Å². The fraction of sp³-hybridized carbons (Fsp3) is 0.364. The number of methoxy groups -OCH3 is 1. The molecule has 0 fully saturated rings. The van der Waals surface area contributed by atoms with Gasteiger partial charge in [-0.25, -0.2) is 0 Å². The lowest BCUT2D eigenvalue weighted by atomic mass is 10.3. The Hall–Kier alpha value is -1.55. The van der Waals surface area contributed by atoms with Gasteiger partial charge in [-0.2, -0.15) is 0 Å². The molecule has 0 saturated heterocycles. The highest BCUT2D eigenvalue weighted by molar-refractivity contribution is 5.91. The van der Waals surface area contributed by atoms with E-state index in [2.05, 4.69) is 5.32 Å². The summed E-state index contributed by atoms with van der Waals surface area (Å²) in [5.41, 5.74) is 0. The van der Waals surface area contributed by atoms with Crippen molar-refractivity contribution in [2.45, 2.75) is 6.42 Å². The lowest BCUT2D eigenvalue weighted by Crippen LogP contribution is -2.22. The minimum absolute atomic E-state index is 0.123. The number of rotatable bonds is 6. The molecule has 0 unspecified atom stereocenters. The Morgan fingerprint density at radius 2 is 2.53 bits per heavy atom. The number of furan rings is 1. The van der Waals surface area contributed by atoms with E-state index in [9.17, 15) is 4.79 Å². The van der Waals surface area contributed by atoms with Gasteiger partial charge in [-0.05, 0) is 24.6 Å². The standard InChI is InChI=1S/C11H15NO3/c1-14-8-3-7-12-11(13)6-5-10-4-2-9-15-10/h2,4-6,9H,3,7-8H2,1H3,(H,12,13). The summed E-state index contributed by atoms with van der Waals surface area (Å²) in [6.07, 6.45) is 5.46. The van der Waals surface area contributed by atoms with Gasteiger partial charge < -0.3 is 14.5 Å². The van der Waals surface area contributed by atoms with Gasteiger partial charge in [0.05, 0.1) is 6.26 Å². The van der Waals surface area contributed by atoms with Crippen molar-refractivity contribution in [1.82, 2.24) is 5.32 Å². The molecular weight excluding hydrogens is 194 g/mol. The van der Waals surface area contributed by atoms with E-state index in [0.29, 0.717) is 18.9 Å². The van der Waals surface area contributed by atoms with Crippen molar-refractivity contribution in [2.75, 3.05) is 20.3 Å². The Balaban J connectivity index is 2.18. The Bertz CT molecular complexity index is 304.